The van der Waals surface area contributed by atoms with E-state index in [9.17, 15) is 32.9 Å². The molecule has 0 fully saturated rings. The zero-order chi connectivity index (χ0) is 14.8. The summed E-state index contributed by atoms with van der Waals surface area (Å²) in [6.45, 7) is 0. The van der Waals surface area contributed by atoms with Crippen LogP contribution in [0, 0.1) is 10.1 Å². The number of carbonyl (C=O) groups excluding carboxylic acids is 1. The SMILES string of the molecule is COC(=O)c1[nH]cc([N+](=O)[O-])c(=O)c1OC(F)(F)F. The van der Waals surface area contributed by atoms with E-state index in [1.807, 2.05) is 4.98 Å². The van der Waals surface area contributed by atoms with E-state index in [-0.39, 0.29) is 0 Å². The molecule has 0 aromatic carbocycles. The molecule has 0 spiro atoms. The highest BCUT2D eigenvalue weighted by atomic mass is 19.4. The Morgan fingerprint density at radius 3 is 2.47 bits per heavy atom. The van der Waals surface area contributed by atoms with Gasteiger partial charge in [-0.15, -0.1) is 13.2 Å². The maximum atomic E-state index is 12.1. The summed E-state index contributed by atoms with van der Waals surface area (Å²) in [6, 6.07) is 0. The molecule has 8 nitrogen and oxygen atoms in total. The standard InChI is InChI=1S/C8H5F3N2O6/c1-18-7(15)4-6(19-8(9,10)11)5(14)3(2-12-4)13(16)17/h2H,1H3,(H,12,14). The van der Waals surface area contributed by atoms with Crippen LogP contribution in [0.2, 0.25) is 0 Å². The van der Waals surface area contributed by atoms with E-state index in [0.717, 1.165) is 7.11 Å². The van der Waals surface area contributed by atoms with Crippen LogP contribution < -0.4 is 10.2 Å². The summed E-state index contributed by atoms with van der Waals surface area (Å²) in [4.78, 5) is 33.6. The zero-order valence-electron chi connectivity index (χ0n) is 9.11. The van der Waals surface area contributed by atoms with Crippen LogP contribution in [-0.2, 0) is 4.74 Å². The fourth-order valence-electron chi connectivity index (χ4n) is 1.10. The molecule has 0 unspecified atom stereocenters. The molecule has 1 N–H and O–H groups in total. The van der Waals surface area contributed by atoms with Crippen molar-refractivity contribution >= 4 is 11.7 Å². The van der Waals surface area contributed by atoms with E-state index < -0.39 is 39.8 Å². The van der Waals surface area contributed by atoms with Gasteiger partial charge in [-0.05, 0) is 0 Å². The van der Waals surface area contributed by atoms with Crippen molar-refractivity contribution in [3.63, 3.8) is 0 Å². The molecule has 104 valence electrons. The largest absolute Gasteiger partial charge is 0.573 e. The summed E-state index contributed by atoms with van der Waals surface area (Å²) < 4.78 is 43.8. The lowest BCUT2D eigenvalue weighted by atomic mass is 10.3. The first-order chi connectivity index (χ1) is 8.67. The summed E-state index contributed by atoms with van der Waals surface area (Å²) >= 11 is 0. The van der Waals surface area contributed by atoms with Crippen LogP contribution in [0.4, 0.5) is 18.9 Å². The van der Waals surface area contributed by atoms with Crippen LogP contribution in [-0.4, -0.2) is 29.3 Å². The molecule has 1 aromatic rings. The lowest BCUT2D eigenvalue weighted by molar-refractivity contribution is -0.386. The first-order valence-electron chi connectivity index (χ1n) is 4.41. The Kier molecular flexibility index (Phi) is 3.77. The Labute approximate surface area is 101 Å². The van der Waals surface area contributed by atoms with Crippen molar-refractivity contribution in [2.45, 2.75) is 6.36 Å². The molecule has 1 heterocycles. The van der Waals surface area contributed by atoms with Crippen LogP contribution in [0.1, 0.15) is 10.5 Å². The summed E-state index contributed by atoms with van der Waals surface area (Å²) in [6.07, 6.45) is -4.83. The van der Waals surface area contributed by atoms with Crippen molar-refractivity contribution in [3.05, 3.63) is 32.2 Å². The van der Waals surface area contributed by atoms with Crippen molar-refractivity contribution in [1.29, 1.82) is 0 Å². The number of nitrogens with zero attached hydrogens (tertiary/aromatic N) is 1. The molecule has 0 amide bonds. The third kappa shape index (κ3) is 3.20. The predicted molar refractivity (Wildman–Crippen MR) is 51.7 cm³/mol. The number of halogens is 3. The quantitative estimate of drug-likeness (QED) is 0.502. The van der Waals surface area contributed by atoms with Crippen molar-refractivity contribution in [1.82, 2.24) is 4.98 Å². The minimum atomic E-state index is -5.30. The van der Waals surface area contributed by atoms with E-state index in [1.165, 1.54) is 0 Å². The number of nitrogens with one attached hydrogen (secondary N) is 1. The molecule has 0 aliphatic rings. The van der Waals surface area contributed by atoms with Crippen molar-refractivity contribution < 1.29 is 32.4 Å². The van der Waals surface area contributed by atoms with E-state index in [4.69, 9.17) is 0 Å². The number of rotatable bonds is 3. The first kappa shape index (κ1) is 14.5. The Balaban J connectivity index is 3.51. The number of hydrogen-bond donors (Lipinski definition) is 1. The van der Waals surface area contributed by atoms with Crippen LogP contribution >= 0.6 is 0 Å². The molecule has 1 rings (SSSR count). The van der Waals surface area contributed by atoms with Gasteiger partial charge in [0.05, 0.1) is 18.2 Å². The zero-order valence-corrected chi connectivity index (χ0v) is 9.11. The molecular formula is C8H5F3N2O6. The third-order valence-electron chi connectivity index (χ3n) is 1.82. The van der Waals surface area contributed by atoms with Crippen LogP contribution in [0.5, 0.6) is 5.75 Å². The molecule has 11 heteroatoms. The van der Waals surface area contributed by atoms with Gasteiger partial charge in [0.15, 0.2) is 5.69 Å². The number of esters is 1. The fraction of sp³-hybridized carbons (Fsp3) is 0.250. The smallest absolute Gasteiger partial charge is 0.464 e. The van der Waals surface area contributed by atoms with Crippen molar-refractivity contribution in [2.24, 2.45) is 0 Å². The minimum absolute atomic E-state index is 0.470. The Morgan fingerprint density at radius 1 is 1.47 bits per heavy atom. The molecule has 0 radical (unpaired) electrons. The van der Waals surface area contributed by atoms with Gasteiger partial charge in [-0.3, -0.25) is 14.9 Å². The first-order valence-corrected chi connectivity index (χ1v) is 4.41. The van der Waals surface area contributed by atoms with E-state index in [1.54, 1.807) is 0 Å². The molecule has 1 aromatic heterocycles. The summed E-state index contributed by atoms with van der Waals surface area (Å²) in [5, 5.41) is 10.4. The number of methoxy groups -OCH3 is 1. The number of nitro groups is 1. The number of aromatic nitrogens is 1. The van der Waals surface area contributed by atoms with Crippen LogP contribution in [0.15, 0.2) is 11.0 Å². The van der Waals surface area contributed by atoms with Gasteiger partial charge in [0.25, 0.3) is 0 Å². The van der Waals surface area contributed by atoms with Crippen molar-refractivity contribution in [2.75, 3.05) is 7.11 Å². The number of hydrogen-bond acceptors (Lipinski definition) is 6. The highest BCUT2D eigenvalue weighted by Gasteiger charge is 2.37. The second-order valence-corrected chi connectivity index (χ2v) is 3.00. The number of aromatic amines is 1. The minimum Gasteiger partial charge on any atom is -0.464 e. The van der Waals surface area contributed by atoms with Crippen LogP contribution in [0.3, 0.4) is 0 Å². The lowest BCUT2D eigenvalue weighted by Crippen LogP contribution is -2.26. The Bertz CT molecular complexity index is 579. The summed E-state index contributed by atoms with van der Waals surface area (Å²) in [5.41, 5.74) is -3.87. The van der Waals surface area contributed by atoms with Crippen molar-refractivity contribution in [3.8, 4) is 5.75 Å². The number of H-pyrrole nitrogens is 1. The molecule has 0 saturated heterocycles. The maximum Gasteiger partial charge on any atom is 0.573 e. The molecule has 0 aliphatic heterocycles. The van der Waals surface area contributed by atoms with Gasteiger partial charge in [0.2, 0.25) is 5.75 Å². The van der Waals surface area contributed by atoms with Gasteiger partial charge in [0.1, 0.15) is 0 Å². The second-order valence-electron chi connectivity index (χ2n) is 3.00. The monoisotopic (exact) mass is 282 g/mol. The number of pyridine rings is 1. The normalized spacial score (nSPS) is 10.9. The number of carbonyl (C=O) groups is 1. The van der Waals surface area contributed by atoms with E-state index in [0.29, 0.717) is 6.20 Å². The van der Waals surface area contributed by atoms with Gasteiger partial charge in [-0.2, -0.15) is 0 Å². The predicted octanol–water partition coefficient (Wildman–Crippen LogP) is 0.968. The molecule has 0 aliphatic carbocycles. The van der Waals surface area contributed by atoms with Gasteiger partial charge in [0, 0.05) is 0 Å². The van der Waals surface area contributed by atoms with E-state index >= 15 is 0 Å². The van der Waals surface area contributed by atoms with Crippen LogP contribution in [0.25, 0.3) is 0 Å². The molecule has 0 bridgehead atoms. The average molecular weight is 282 g/mol. The number of ether oxygens (including phenoxy) is 2. The molecule has 0 atom stereocenters. The Morgan fingerprint density at radius 2 is 2.05 bits per heavy atom. The van der Waals surface area contributed by atoms with E-state index in [2.05, 4.69) is 9.47 Å². The van der Waals surface area contributed by atoms with Gasteiger partial charge < -0.3 is 14.5 Å². The van der Waals surface area contributed by atoms with Gasteiger partial charge in [-0.1, -0.05) is 0 Å². The fourth-order valence-corrected chi connectivity index (χ4v) is 1.10. The molecule has 0 saturated carbocycles. The summed E-state index contributed by atoms with van der Waals surface area (Å²) in [5.74, 6) is -2.89. The van der Waals surface area contributed by atoms with Gasteiger partial charge >= 0.3 is 23.4 Å². The summed E-state index contributed by atoms with van der Waals surface area (Å²) in [7, 11) is 0.847. The number of alkyl halides is 3. The molecule has 19 heavy (non-hydrogen) atoms. The highest BCUT2D eigenvalue weighted by molar-refractivity contribution is 5.90. The maximum absolute atomic E-state index is 12.1. The average Bonchev–Trinajstić information content (AvgIpc) is 2.28. The second kappa shape index (κ2) is 4.96. The third-order valence-corrected chi connectivity index (χ3v) is 1.82. The van der Waals surface area contributed by atoms with Gasteiger partial charge in [-0.25, -0.2) is 4.79 Å². The Hall–Kier alpha value is -2.59. The highest BCUT2D eigenvalue weighted by Crippen LogP contribution is 2.24. The molecular weight excluding hydrogens is 277 g/mol. The topological polar surface area (TPSA) is 112 Å². The lowest BCUT2D eigenvalue weighted by Gasteiger charge is -2.10.